The highest BCUT2D eigenvalue weighted by Crippen LogP contribution is 2.36. The topological polar surface area (TPSA) is 106 Å². The summed E-state index contributed by atoms with van der Waals surface area (Å²) in [4.78, 5) is 25.1. The average Bonchev–Trinajstić information content (AvgIpc) is 3.51. The molecule has 0 spiro atoms. The Balaban J connectivity index is 1.56. The summed E-state index contributed by atoms with van der Waals surface area (Å²) in [6.45, 7) is 1.82. The zero-order valence-corrected chi connectivity index (χ0v) is 17.7. The van der Waals surface area contributed by atoms with Crippen LogP contribution in [0.5, 0.6) is 0 Å². The molecule has 2 fully saturated rings. The Morgan fingerprint density at radius 1 is 1.10 bits per heavy atom. The molecule has 1 aromatic heterocycles. The first kappa shape index (κ1) is 20.7. The van der Waals surface area contributed by atoms with Gasteiger partial charge in [0.1, 0.15) is 5.78 Å². The van der Waals surface area contributed by atoms with Crippen molar-refractivity contribution in [2.24, 2.45) is 5.92 Å². The molecule has 0 saturated heterocycles. The number of ketones is 1. The molecule has 1 aromatic carbocycles. The van der Waals surface area contributed by atoms with Crippen LogP contribution in [0.2, 0.25) is 0 Å². The van der Waals surface area contributed by atoms with Crippen molar-refractivity contribution in [3.05, 3.63) is 47.7 Å². The molecule has 2 aliphatic carbocycles. The van der Waals surface area contributed by atoms with Crippen molar-refractivity contribution in [1.82, 2.24) is 10.2 Å². The number of anilines is 1. The van der Waals surface area contributed by atoms with E-state index in [-0.39, 0.29) is 22.9 Å². The second-order valence-electron chi connectivity index (χ2n) is 8.30. The molecule has 158 valence electrons. The molecule has 30 heavy (non-hydrogen) atoms. The van der Waals surface area contributed by atoms with E-state index in [1.807, 2.05) is 6.92 Å². The quantitative estimate of drug-likeness (QED) is 0.727. The zero-order valence-electron chi connectivity index (χ0n) is 16.9. The van der Waals surface area contributed by atoms with E-state index in [9.17, 15) is 18.0 Å². The van der Waals surface area contributed by atoms with Gasteiger partial charge in [-0.15, -0.1) is 5.10 Å². The highest BCUT2D eigenvalue weighted by Gasteiger charge is 2.37. The molecule has 1 N–H and O–H groups in total. The van der Waals surface area contributed by atoms with Crippen LogP contribution in [0.1, 0.15) is 55.7 Å². The Labute approximate surface area is 176 Å². The van der Waals surface area contributed by atoms with Crippen molar-refractivity contribution in [3.63, 3.8) is 0 Å². The van der Waals surface area contributed by atoms with Crippen molar-refractivity contribution < 1.29 is 18.0 Å². The normalized spacial score (nSPS) is 20.2. The Kier molecular flexibility index (Phi) is 5.69. The van der Waals surface area contributed by atoms with Gasteiger partial charge in [0.15, 0.2) is 15.7 Å². The Morgan fingerprint density at radius 2 is 1.83 bits per heavy atom. The lowest BCUT2D eigenvalue weighted by molar-refractivity contribution is -0.119. The monoisotopic (exact) mass is 427 g/mol. The molecular formula is C22H25N3O4S. The highest BCUT2D eigenvalue weighted by atomic mass is 32.2. The molecule has 7 nitrogen and oxygen atoms in total. The lowest BCUT2D eigenvalue weighted by Crippen LogP contribution is -2.24. The summed E-state index contributed by atoms with van der Waals surface area (Å²) < 4.78 is 24.9. The second kappa shape index (κ2) is 8.26. The van der Waals surface area contributed by atoms with Gasteiger partial charge in [-0.3, -0.25) is 9.59 Å². The molecule has 1 heterocycles. The van der Waals surface area contributed by atoms with Gasteiger partial charge in [-0.25, -0.2) is 8.42 Å². The summed E-state index contributed by atoms with van der Waals surface area (Å²) in [5.74, 6) is 0.0136. The summed E-state index contributed by atoms with van der Waals surface area (Å²) in [5, 5.41) is 10.5. The number of hydrogen-bond donors (Lipinski definition) is 1. The fourth-order valence-corrected chi connectivity index (χ4v) is 5.62. The van der Waals surface area contributed by atoms with Crippen LogP contribution >= 0.6 is 0 Å². The van der Waals surface area contributed by atoms with E-state index in [0.29, 0.717) is 42.8 Å². The maximum Gasteiger partial charge on any atom is 0.233 e. The first-order chi connectivity index (χ1) is 14.3. The Hall–Kier alpha value is -2.61. The van der Waals surface area contributed by atoms with E-state index in [4.69, 9.17) is 0 Å². The molecule has 2 aliphatic rings. The van der Waals surface area contributed by atoms with Gasteiger partial charge in [0.25, 0.3) is 0 Å². The second-order valence-corrected chi connectivity index (χ2v) is 10.5. The molecule has 0 bridgehead atoms. The van der Waals surface area contributed by atoms with Crippen molar-refractivity contribution in [1.29, 1.82) is 0 Å². The number of carbonyl (C=O) groups excluding carboxylic acids is 2. The smallest absolute Gasteiger partial charge is 0.233 e. The molecule has 8 heteroatoms. The maximum absolute atomic E-state index is 13.1. The van der Waals surface area contributed by atoms with Crippen LogP contribution in [0.4, 0.5) is 5.82 Å². The number of hydrogen-bond acceptors (Lipinski definition) is 6. The number of nitrogens with zero attached hydrogens (tertiary/aromatic N) is 2. The van der Waals surface area contributed by atoms with Crippen LogP contribution in [0.15, 0.2) is 41.3 Å². The number of rotatable bonds is 7. The van der Waals surface area contributed by atoms with Crippen LogP contribution in [-0.4, -0.2) is 35.6 Å². The van der Waals surface area contributed by atoms with Gasteiger partial charge in [0, 0.05) is 12.8 Å². The van der Waals surface area contributed by atoms with Gasteiger partial charge in [0.05, 0.1) is 21.8 Å². The number of aryl methyl sites for hydroxylation is 1. The average molecular weight is 428 g/mol. The fourth-order valence-electron chi connectivity index (χ4n) is 3.96. The Morgan fingerprint density at radius 3 is 2.40 bits per heavy atom. The van der Waals surface area contributed by atoms with Gasteiger partial charge in [0.2, 0.25) is 5.91 Å². The third-order valence-corrected chi connectivity index (χ3v) is 8.13. The lowest BCUT2D eigenvalue weighted by Gasteiger charge is -2.20. The highest BCUT2D eigenvalue weighted by molar-refractivity contribution is 7.92. The predicted molar refractivity (Wildman–Crippen MR) is 112 cm³/mol. The van der Waals surface area contributed by atoms with E-state index in [1.54, 1.807) is 36.4 Å². The first-order valence-corrected chi connectivity index (χ1v) is 11.8. The zero-order chi connectivity index (χ0) is 21.3. The lowest BCUT2D eigenvalue weighted by atomic mass is 9.87. The van der Waals surface area contributed by atoms with Crippen LogP contribution in [-0.2, 0) is 19.4 Å². The van der Waals surface area contributed by atoms with Crippen LogP contribution in [0.25, 0.3) is 0 Å². The fraction of sp³-hybridized carbons (Fsp3) is 0.455. The molecular weight excluding hydrogens is 402 g/mol. The minimum atomic E-state index is -3.27. The van der Waals surface area contributed by atoms with E-state index < -0.39 is 15.8 Å². The van der Waals surface area contributed by atoms with Gasteiger partial charge in [-0.05, 0) is 68.4 Å². The molecule has 0 radical (unpaired) electrons. The van der Waals surface area contributed by atoms with Crippen LogP contribution < -0.4 is 5.32 Å². The number of carbonyl (C=O) groups is 2. The molecule has 2 atom stereocenters. The van der Waals surface area contributed by atoms with Gasteiger partial charge >= 0.3 is 0 Å². The molecule has 0 unspecified atom stereocenters. The van der Waals surface area contributed by atoms with Crippen molar-refractivity contribution in [2.75, 3.05) is 5.32 Å². The summed E-state index contributed by atoms with van der Waals surface area (Å²) >= 11 is 0. The molecule has 2 aromatic rings. The number of sulfone groups is 1. The molecule has 4 rings (SSSR count). The minimum absolute atomic E-state index is 0.146. The van der Waals surface area contributed by atoms with Gasteiger partial charge < -0.3 is 5.32 Å². The number of nitrogens with one attached hydrogen (secondary N) is 1. The molecule has 1 amide bonds. The number of amides is 1. The number of benzene rings is 1. The summed E-state index contributed by atoms with van der Waals surface area (Å²) in [6, 6.07) is 10.1. The molecule has 2 saturated carbocycles. The summed E-state index contributed by atoms with van der Waals surface area (Å²) in [7, 11) is -3.27. The maximum atomic E-state index is 13.1. The SMILES string of the molecule is Cc1ccc(NC(=O)[C@H](C[C@H]2CCC(=O)C2)c2ccc(S(=O)(=O)C3CC3)cc2)nn1. The summed E-state index contributed by atoms with van der Waals surface area (Å²) in [5.41, 5.74) is 1.49. The van der Waals surface area contributed by atoms with Crippen LogP contribution in [0, 0.1) is 12.8 Å². The summed E-state index contributed by atoms with van der Waals surface area (Å²) in [6.07, 6.45) is 3.78. The van der Waals surface area contributed by atoms with Crippen LogP contribution in [0.3, 0.4) is 0 Å². The van der Waals surface area contributed by atoms with Gasteiger partial charge in [-0.1, -0.05) is 12.1 Å². The third-order valence-electron chi connectivity index (χ3n) is 5.86. The number of Topliss-reactive ketones (excluding diaryl/α,β-unsaturated/α-hetero) is 1. The van der Waals surface area contributed by atoms with E-state index in [1.165, 1.54) is 0 Å². The largest absolute Gasteiger partial charge is 0.309 e. The van der Waals surface area contributed by atoms with E-state index >= 15 is 0 Å². The van der Waals surface area contributed by atoms with Crippen molar-refractivity contribution in [3.8, 4) is 0 Å². The standard InChI is InChI=1S/C22H25N3O4S/c1-14-2-11-21(25-24-14)23-22(27)20(13-15-3-6-17(26)12-15)16-4-7-18(8-5-16)30(28,29)19-9-10-19/h2,4-5,7-8,11,15,19-20H,3,6,9-10,12-13H2,1H3,(H,23,25,27)/t15-,20+/m0/s1. The van der Waals surface area contributed by atoms with E-state index in [2.05, 4.69) is 15.5 Å². The van der Waals surface area contributed by atoms with Crippen molar-refractivity contribution >= 4 is 27.3 Å². The number of aromatic nitrogens is 2. The first-order valence-electron chi connectivity index (χ1n) is 10.3. The molecule has 0 aliphatic heterocycles. The predicted octanol–water partition coefficient (Wildman–Crippen LogP) is 3.20. The minimum Gasteiger partial charge on any atom is -0.309 e. The van der Waals surface area contributed by atoms with Crippen molar-refractivity contribution in [2.45, 2.75) is 61.5 Å². The van der Waals surface area contributed by atoms with Gasteiger partial charge in [-0.2, -0.15) is 5.10 Å². The Bertz CT molecular complexity index is 1040. The third kappa shape index (κ3) is 4.59. The van der Waals surface area contributed by atoms with E-state index in [0.717, 1.165) is 17.7 Å².